The van der Waals surface area contributed by atoms with Gasteiger partial charge in [-0.05, 0) is 24.9 Å². The first-order valence-corrected chi connectivity index (χ1v) is 7.08. The molecule has 3 rings (SSSR count). The maximum Gasteiger partial charge on any atom is 0.260 e. The van der Waals surface area contributed by atoms with Crippen LogP contribution >= 0.6 is 0 Å². The summed E-state index contributed by atoms with van der Waals surface area (Å²) in [5, 5.41) is 17.7. The van der Waals surface area contributed by atoms with Crippen LogP contribution < -0.4 is 5.32 Å². The number of rotatable bonds is 4. The Kier molecular flexibility index (Phi) is 4.01. The van der Waals surface area contributed by atoms with Crippen LogP contribution in [-0.4, -0.2) is 35.4 Å². The van der Waals surface area contributed by atoms with Crippen molar-refractivity contribution < 1.29 is 14.4 Å². The third-order valence-electron chi connectivity index (χ3n) is 3.77. The van der Waals surface area contributed by atoms with E-state index in [1.165, 1.54) is 0 Å². The van der Waals surface area contributed by atoms with Crippen LogP contribution in [-0.2, 0) is 10.3 Å². The predicted molar refractivity (Wildman–Crippen MR) is 75.6 cm³/mol. The molecule has 1 aliphatic heterocycles. The van der Waals surface area contributed by atoms with E-state index in [2.05, 4.69) is 15.5 Å². The number of β-amino-alcohol motifs (C(OH)–C–C–N with tert-alkyl or cyclic N) is 1. The van der Waals surface area contributed by atoms with Gasteiger partial charge in [-0.15, -0.1) is 0 Å². The molecule has 2 heterocycles. The van der Waals surface area contributed by atoms with E-state index in [0.29, 0.717) is 18.8 Å². The van der Waals surface area contributed by atoms with Gasteiger partial charge in [0.25, 0.3) is 5.89 Å². The topological polar surface area (TPSA) is 80.4 Å². The Balaban J connectivity index is 1.86. The molecule has 0 spiro atoms. The lowest BCUT2D eigenvalue weighted by Crippen LogP contribution is -2.43. The third kappa shape index (κ3) is 2.83. The van der Waals surface area contributed by atoms with Crippen LogP contribution in [0, 0.1) is 0 Å². The number of aliphatic hydroxyl groups is 1. The molecule has 0 saturated carbocycles. The Labute approximate surface area is 123 Å². The zero-order valence-corrected chi connectivity index (χ0v) is 12.0. The molecule has 2 N–H and O–H groups in total. The maximum atomic E-state index is 10.6. The van der Waals surface area contributed by atoms with Gasteiger partial charge in [-0.1, -0.05) is 35.5 Å². The van der Waals surface area contributed by atoms with Crippen LogP contribution in [0.15, 0.2) is 34.9 Å². The molecule has 1 aromatic heterocycles. The minimum atomic E-state index is -1.08. The second-order valence-electron chi connectivity index (χ2n) is 5.30. The highest BCUT2D eigenvalue weighted by molar-refractivity contribution is 5.23. The van der Waals surface area contributed by atoms with E-state index in [4.69, 9.17) is 9.26 Å². The monoisotopic (exact) mass is 289 g/mol. The van der Waals surface area contributed by atoms with Crippen LogP contribution in [0.25, 0.3) is 0 Å². The van der Waals surface area contributed by atoms with Gasteiger partial charge in [0, 0.05) is 13.7 Å². The molecule has 112 valence electrons. The number of aromatic nitrogens is 2. The van der Waals surface area contributed by atoms with Crippen LogP contribution in [0.3, 0.4) is 0 Å². The Bertz CT molecular complexity index is 579. The largest absolute Gasteiger partial charge is 0.379 e. The molecule has 0 bridgehead atoms. The highest BCUT2D eigenvalue weighted by Crippen LogP contribution is 2.29. The van der Waals surface area contributed by atoms with E-state index in [1.807, 2.05) is 30.3 Å². The minimum Gasteiger partial charge on any atom is -0.379 e. The van der Waals surface area contributed by atoms with E-state index in [1.54, 1.807) is 7.11 Å². The van der Waals surface area contributed by atoms with Crippen molar-refractivity contribution in [3.8, 4) is 0 Å². The predicted octanol–water partition coefficient (Wildman–Crippen LogP) is 1.38. The van der Waals surface area contributed by atoms with Gasteiger partial charge in [0.2, 0.25) is 5.82 Å². The fourth-order valence-electron chi connectivity index (χ4n) is 2.62. The van der Waals surface area contributed by atoms with E-state index < -0.39 is 11.7 Å². The second-order valence-corrected chi connectivity index (χ2v) is 5.30. The van der Waals surface area contributed by atoms with Crippen molar-refractivity contribution in [1.82, 2.24) is 15.5 Å². The van der Waals surface area contributed by atoms with Crippen molar-refractivity contribution in [2.75, 3.05) is 20.2 Å². The first-order valence-electron chi connectivity index (χ1n) is 7.08. The molecule has 6 heteroatoms. The molecule has 6 nitrogen and oxygen atoms in total. The summed E-state index contributed by atoms with van der Waals surface area (Å²) in [5.74, 6) is 0.681. The van der Waals surface area contributed by atoms with E-state index in [0.717, 1.165) is 18.5 Å². The average Bonchev–Trinajstić information content (AvgIpc) is 3.00. The fourth-order valence-corrected chi connectivity index (χ4v) is 2.62. The summed E-state index contributed by atoms with van der Waals surface area (Å²) in [6, 6.07) is 9.69. The average molecular weight is 289 g/mol. The normalized spacial score (nSPS) is 23.9. The zero-order chi connectivity index (χ0) is 14.7. The van der Waals surface area contributed by atoms with Crippen molar-refractivity contribution in [3.63, 3.8) is 0 Å². The molecule has 0 amide bonds. The SMILES string of the molecule is COC(c1ccccc1)c1noc(C2(O)CCCNC2)n1. The standard InChI is InChI=1S/C15H19N3O3/c1-20-12(11-6-3-2-4-7-11)13-17-14(21-18-13)15(19)8-5-9-16-10-15/h2-4,6-7,12,16,19H,5,8-10H2,1H3. The van der Waals surface area contributed by atoms with Crippen molar-refractivity contribution in [3.05, 3.63) is 47.6 Å². The summed E-state index contributed by atoms with van der Waals surface area (Å²) in [6.45, 7) is 1.33. The van der Waals surface area contributed by atoms with Gasteiger partial charge in [0.1, 0.15) is 6.10 Å². The first-order chi connectivity index (χ1) is 10.2. The molecule has 2 aromatic rings. The summed E-state index contributed by atoms with van der Waals surface area (Å²) < 4.78 is 10.8. The van der Waals surface area contributed by atoms with Crippen LogP contribution in [0.1, 0.15) is 36.2 Å². The van der Waals surface area contributed by atoms with Crippen molar-refractivity contribution in [2.24, 2.45) is 0 Å². The lowest BCUT2D eigenvalue weighted by molar-refractivity contribution is -0.0167. The number of ether oxygens (including phenoxy) is 1. The molecule has 2 atom stereocenters. The second kappa shape index (κ2) is 5.93. The summed E-state index contributed by atoms with van der Waals surface area (Å²) in [6.07, 6.45) is 1.09. The summed E-state index contributed by atoms with van der Waals surface area (Å²) >= 11 is 0. The number of nitrogens with one attached hydrogen (secondary N) is 1. The number of nitrogens with zero attached hydrogens (tertiary/aromatic N) is 2. The highest BCUT2D eigenvalue weighted by atomic mass is 16.5. The summed E-state index contributed by atoms with van der Waals surface area (Å²) in [4.78, 5) is 4.36. The smallest absolute Gasteiger partial charge is 0.260 e. The van der Waals surface area contributed by atoms with Crippen molar-refractivity contribution in [2.45, 2.75) is 24.5 Å². The number of hydrogen-bond acceptors (Lipinski definition) is 6. The molecule has 1 aliphatic rings. The molecule has 2 unspecified atom stereocenters. The zero-order valence-electron chi connectivity index (χ0n) is 12.0. The fraction of sp³-hybridized carbons (Fsp3) is 0.467. The van der Waals surface area contributed by atoms with E-state index in [-0.39, 0.29) is 5.89 Å². The molecule has 1 fully saturated rings. The molecule has 0 aliphatic carbocycles. The third-order valence-corrected chi connectivity index (χ3v) is 3.77. The van der Waals surface area contributed by atoms with Gasteiger partial charge in [-0.3, -0.25) is 0 Å². The van der Waals surface area contributed by atoms with E-state index in [9.17, 15) is 5.11 Å². The number of piperidine rings is 1. The molecular formula is C15H19N3O3. The van der Waals surface area contributed by atoms with Gasteiger partial charge in [-0.2, -0.15) is 4.98 Å². The summed E-state index contributed by atoms with van der Waals surface area (Å²) in [5.41, 5.74) is -0.139. The first kappa shape index (κ1) is 14.2. The van der Waals surface area contributed by atoms with Gasteiger partial charge in [-0.25, -0.2) is 0 Å². The Morgan fingerprint density at radius 1 is 1.38 bits per heavy atom. The van der Waals surface area contributed by atoms with Crippen LogP contribution in [0.4, 0.5) is 0 Å². The van der Waals surface area contributed by atoms with Gasteiger partial charge < -0.3 is 19.7 Å². The molecule has 0 radical (unpaired) electrons. The molecule has 1 aromatic carbocycles. The van der Waals surface area contributed by atoms with Crippen LogP contribution in [0.5, 0.6) is 0 Å². The Morgan fingerprint density at radius 3 is 2.86 bits per heavy atom. The van der Waals surface area contributed by atoms with Crippen LogP contribution in [0.2, 0.25) is 0 Å². The molecule has 21 heavy (non-hydrogen) atoms. The Morgan fingerprint density at radius 2 is 2.19 bits per heavy atom. The lowest BCUT2D eigenvalue weighted by atomic mass is 9.94. The van der Waals surface area contributed by atoms with Gasteiger partial charge >= 0.3 is 0 Å². The number of benzene rings is 1. The van der Waals surface area contributed by atoms with Crippen molar-refractivity contribution in [1.29, 1.82) is 0 Å². The lowest BCUT2D eigenvalue weighted by Gasteiger charge is -2.28. The maximum absolute atomic E-state index is 10.6. The quantitative estimate of drug-likeness (QED) is 0.885. The Hall–Kier alpha value is -1.76. The van der Waals surface area contributed by atoms with Crippen molar-refractivity contribution >= 4 is 0 Å². The van der Waals surface area contributed by atoms with E-state index >= 15 is 0 Å². The van der Waals surface area contributed by atoms with Gasteiger partial charge in [0.05, 0.1) is 0 Å². The minimum absolute atomic E-state index is 0.252. The number of methoxy groups -OCH3 is 1. The number of hydrogen-bond donors (Lipinski definition) is 2. The van der Waals surface area contributed by atoms with Gasteiger partial charge in [0.15, 0.2) is 5.60 Å². The highest BCUT2D eigenvalue weighted by Gasteiger charge is 2.37. The molecular weight excluding hydrogens is 270 g/mol. The summed E-state index contributed by atoms with van der Waals surface area (Å²) in [7, 11) is 1.60. The molecule has 1 saturated heterocycles.